The first kappa shape index (κ1) is 11.7. The van der Waals surface area contributed by atoms with Gasteiger partial charge in [0.05, 0.1) is 5.56 Å². The number of aromatic nitrogens is 2. The molecular formula is C14H18N2O. The molecule has 17 heavy (non-hydrogen) atoms. The molecule has 2 rings (SSSR count). The Hall–Kier alpha value is -1.77. The van der Waals surface area contributed by atoms with E-state index in [1.54, 1.807) is 10.9 Å². The fourth-order valence-electron chi connectivity index (χ4n) is 1.93. The Morgan fingerprint density at radius 3 is 2.76 bits per heavy atom. The van der Waals surface area contributed by atoms with Crippen LogP contribution < -0.4 is 5.56 Å². The summed E-state index contributed by atoms with van der Waals surface area (Å²) < 4.78 is 1.67. The average molecular weight is 230 g/mol. The Labute approximate surface area is 101 Å². The van der Waals surface area contributed by atoms with E-state index >= 15 is 0 Å². The number of hydrogen-bond acceptors (Lipinski definition) is 1. The summed E-state index contributed by atoms with van der Waals surface area (Å²) in [6, 6.07) is 8.01. The summed E-state index contributed by atoms with van der Waals surface area (Å²) in [5.41, 5.74) is 2.95. The summed E-state index contributed by atoms with van der Waals surface area (Å²) in [6.45, 7) is 6.95. The highest BCUT2D eigenvalue weighted by atomic mass is 16.1. The molecule has 3 heteroatoms. The molecule has 0 spiro atoms. The number of nitrogens with zero attached hydrogens (tertiary/aromatic N) is 1. The number of aromatic amines is 1. The minimum Gasteiger partial charge on any atom is -0.302 e. The zero-order valence-corrected chi connectivity index (χ0v) is 10.5. The van der Waals surface area contributed by atoms with Crippen LogP contribution in [0.15, 0.2) is 35.3 Å². The molecule has 2 aromatic rings. The second-order valence-electron chi connectivity index (χ2n) is 4.87. The van der Waals surface area contributed by atoms with Gasteiger partial charge in [0.25, 0.3) is 5.56 Å². The maximum absolute atomic E-state index is 12.1. The molecular weight excluding hydrogens is 212 g/mol. The van der Waals surface area contributed by atoms with Gasteiger partial charge in [0, 0.05) is 12.7 Å². The molecule has 0 unspecified atom stereocenters. The van der Waals surface area contributed by atoms with E-state index in [9.17, 15) is 4.79 Å². The summed E-state index contributed by atoms with van der Waals surface area (Å²) >= 11 is 0. The number of rotatable bonds is 3. The fraction of sp³-hybridized carbons (Fsp3) is 0.357. The molecule has 3 nitrogen and oxygen atoms in total. The van der Waals surface area contributed by atoms with E-state index in [0.29, 0.717) is 5.92 Å². The molecule has 0 aliphatic rings. The van der Waals surface area contributed by atoms with Crippen LogP contribution >= 0.6 is 0 Å². The van der Waals surface area contributed by atoms with Crippen LogP contribution in [-0.4, -0.2) is 9.78 Å². The van der Waals surface area contributed by atoms with Crippen molar-refractivity contribution in [3.05, 3.63) is 46.4 Å². The van der Waals surface area contributed by atoms with Gasteiger partial charge in [-0.25, -0.2) is 0 Å². The predicted molar refractivity (Wildman–Crippen MR) is 70.1 cm³/mol. The van der Waals surface area contributed by atoms with E-state index in [0.717, 1.165) is 17.7 Å². The Balaban J connectivity index is 2.41. The Bertz CT molecular complexity index is 564. The van der Waals surface area contributed by atoms with Crippen molar-refractivity contribution in [2.45, 2.75) is 27.3 Å². The number of benzene rings is 1. The first-order chi connectivity index (χ1) is 8.08. The SMILES string of the molecule is Cc1cccc(-c2c[nH]n(CC(C)C)c2=O)c1. The molecule has 0 atom stereocenters. The van der Waals surface area contributed by atoms with Gasteiger partial charge in [-0.2, -0.15) is 0 Å². The Morgan fingerprint density at radius 1 is 1.35 bits per heavy atom. The van der Waals surface area contributed by atoms with Crippen LogP contribution in [0.2, 0.25) is 0 Å². The lowest BCUT2D eigenvalue weighted by atomic mass is 10.1. The number of H-pyrrole nitrogens is 1. The zero-order valence-electron chi connectivity index (χ0n) is 10.5. The van der Waals surface area contributed by atoms with E-state index in [1.165, 1.54) is 5.56 Å². The third-order valence-corrected chi connectivity index (χ3v) is 2.72. The molecule has 1 heterocycles. The summed E-state index contributed by atoms with van der Waals surface area (Å²) in [5, 5.41) is 3.03. The predicted octanol–water partition coefficient (Wildman–Crippen LogP) is 2.81. The highest BCUT2D eigenvalue weighted by Crippen LogP contribution is 2.16. The number of nitrogens with one attached hydrogen (secondary N) is 1. The molecule has 0 radical (unpaired) electrons. The van der Waals surface area contributed by atoms with Crippen molar-refractivity contribution in [3.63, 3.8) is 0 Å². The highest BCUT2D eigenvalue weighted by Gasteiger charge is 2.09. The third-order valence-electron chi connectivity index (χ3n) is 2.72. The summed E-state index contributed by atoms with van der Waals surface area (Å²) in [7, 11) is 0. The molecule has 0 aliphatic heterocycles. The first-order valence-electron chi connectivity index (χ1n) is 5.93. The van der Waals surface area contributed by atoms with E-state index in [2.05, 4.69) is 18.9 Å². The van der Waals surface area contributed by atoms with Gasteiger partial charge in [0.2, 0.25) is 0 Å². The molecule has 1 aromatic heterocycles. The minimum absolute atomic E-state index is 0.0595. The largest absolute Gasteiger partial charge is 0.302 e. The van der Waals surface area contributed by atoms with Crippen LogP contribution in [-0.2, 0) is 6.54 Å². The lowest BCUT2D eigenvalue weighted by Crippen LogP contribution is -2.20. The van der Waals surface area contributed by atoms with Crippen LogP contribution in [0, 0.1) is 12.8 Å². The summed E-state index contributed by atoms with van der Waals surface area (Å²) in [4.78, 5) is 12.1. The van der Waals surface area contributed by atoms with Gasteiger partial charge in [0.1, 0.15) is 0 Å². The summed E-state index contributed by atoms with van der Waals surface area (Å²) in [6.07, 6.45) is 1.79. The molecule has 0 saturated carbocycles. The molecule has 0 fully saturated rings. The van der Waals surface area contributed by atoms with Crippen molar-refractivity contribution < 1.29 is 0 Å². The zero-order chi connectivity index (χ0) is 12.4. The van der Waals surface area contributed by atoms with Gasteiger partial charge < -0.3 is 5.10 Å². The number of aryl methyl sites for hydroxylation is 1. The molecule has 0 saturated heterocycles. The van der Waals surface area contributed by atoms with Gasteiger partial charge in [-0.3, -0.25) is 9.48 Å². The standard InChI is InChI=1S/C14H18N2O/c1-10(2)9-16-14(17)13(8-15-16)12-6-4-5-11(3)7-12/h4-8,10,15H,9H2,1-3H3. The van der Waals surface area contributed by atoms with Crippen molar-refractivity contribution in [1.82, 2.24) is 9.78 Å². The first-order valence-corrected chi connectivity index (χ1v) is 5.93. The van der Waals surface area contributed by atoms with Crippen LogP contribution in [0.25, 0.3) is 11.1 Å². The van der Waals surface area contributed by atoms with Crippen molar-refractivity contribution >= 4 is 0 Å². The van der Waals surface area contributed by atoms with Gasteiger partial charge in [-0.05, 0) is 18.4 Å². The number of hydrogen-bond donors (Lipinski definition) is 1. The fourth-order valence-corrected chi connectivity index (χ4v) is 1.93. The normalized spacial score (nSPS) is 11.1. The molecule has 1 aromatic carbocycles. The van der Waals surface area contributed by atoms with Crippen molar-refractivity contribution in [1.29, 1.82) is 0 Å². The van der Waals surface area contributed by atoms with Crippen LogP contribution in [0.4, 0.5) is 0 Å². The molecule has 0 aliphatic carbocycles. The van der Waals surface area contributed by atoms with Gasteiger partial charge in [-0.1, -0.05) is 43.7 Å². The second kappa shape index (κ2) is 4.62. The van der Waals surface area contributed by atoms with Crippen LogP contribution in [0.1, 0.15) is 19.4 Å². The average Bonchev–Trinajstić information content (AvgIpc) is 2.60. The lowest BCUT2D eigenvalue weighted by molar-refractivity contribution is 0.473. The minimum atomic E-state index is 0.0595. The summed E-state index contributed by atoms with van der Waals surface area (Å²) in [5.74, 6) is 0.455. The molecule has 90 valence electrons. The molecule has 0 amide bonds. The lowest BCUT2D eigenvalue weighted by Gasteiger charge is -2.03. The topological polar surface area (TPSA) is 37.8 Å². The van der Waals surface area contributed by atoms with Gasteiger partial charge in [0.15, 0.2) is 0 Å². The van der Waals surface area contributed by atoms with E-state index in [1.807, 2.05) is 31.2 Å². The van der Waals surface area contributed by atoms with Crippen molar-refractivity contribution in [3.8, 4) is 11.1 Å². The quantitative estimate of drug-likeness (QED) is 0.865. The van der Waals surface area contributed by atoms with Crippen LogP contribution in [0.5, 0.6) is 0 Å². The monoisotopic (exact) mass is 230 g/mol. The Morgan fingerprint density at radius 2 is 2.12 bits per heavy atom. The van der Waals surface area contributed by atoms with Crippen molar-refractivity contribution in [2.24, 2.45) is 5.92 Å². The van der Waals surface area contributed by atoms with Gasteiger partial charge in [-0.15, -0.1) is 0 Å². The van der Waals surface area contributed by atoms with Crippen molar-refractivity contribution in [2.75, 3.05) is 0 Å². The maximum atomic E-state index is 12.1. The van der Waals surface area contributed by atoms with Gasteiger partial charge >= 0.3 is 0 Å². The maximum Gasteiger partial charge on any atom is 0.274 e. The second-order valence-corrected chi connectivity index (χ2v) is 4.87. The van der Waals surface area contributed by atoms with E-state index in [-0.39, 0.29) is 5.56 Å². The third kappa shape index (κ3) is 2.49. The van der Waals surface area contributed by atoms with E-state index < -0.39 is 0 Å². The molecule has 0 bridgehead atoms. The Kier molecular flexibility index (Phi) is 3.18. The molecule has 1 N–H and O–H groups in total. The van der Waals surface area contributed by atoms with Crippen LogP contribution in [0.3, 0.4) is 0 Å². The smallest absolute Gasteiger partial charge is 0.274 e. The van der Waals surface area contributed by atoms with E-state index in [4.69, 9.17) is 0 Å². The highest BCUT2D eigenvalue weighted by molar-refractivity contribution is 5.62.